The Hall–Kier alpha value is -3.75. The minimum atomic E-state index is -1.20. The maximum atomic E-state index is 13.8. The molecule has 3 rings (SSSR count). The van der Waals surface area contributed by atoms with Crippen LogP contribution in [0.5, 0.6) is 17.2 Å². The van der Waals surface area contributed by atoms with Crippen LogP contribution in [0.3, 0.4) is 0 Å². The van der Waals surface area contributed by atoms with Crippen LogP contribution in [0.15, 0.2) is 41.2 Å². The highest BCUT2D eigenvalue weighted by Crippen LogP contribution is 2.32. The average molecular weight is 403 g/mol. The molecule has 0 atom stereocenters. The molecule has 29 heavy (non-hydrogen) atoms. The molecule has 2 N–H and O–H groups in total. The van der Waals surface area contributed by atoms with E-state index in [2.05, 4.69) is 0 Å². The number of aromatic nitrogens is 1. The summed E-state index contributed by atoms with van der Waals surface area (Å²) in [7, 11) is 1.36. The number of carbonyl (C=O) groups excluding carboxylic acids is 1. The van der Waals surface area contributed by atoms with Crippen LogP contribution in [0.4, 0.5) is 8.78 Å². The predicted molar refractivity (Wildman–Crippen MR) is 98.5 cm³/mol. The minimum absolute atomic E-state index is 0.113. The normalized spacial score (nSPS) is 10.9. The number of rotatable bonds is 6. The van der Waals surface area contributed by atoms with Crippen molar-refractivity contribution in [2.75, 3.05) is 0 Å². The lowest BCUT2D eigenvalue weighted by atomic mass is 10.0. The number of pyridine rings is 1. The van der Waals surface area contributed by atoms with Gasteiger partial charge in [0.2, 0.25) is 0 Å². The van der Waals surface area contributed by atoms with E-state index in [0.29, 0.717) is 6.07 Å². The number of hydrogen-bond acceptors (Lipinski definition) is 5. The first-order valence-corrected chi connectivity index (χ1v) is 8.42. The Morgan fingerprint density at radius 1 is 1.10 bits per heavy atom. The Kier molecular flexibility index (Phi) is 5.31. The van der Waals surface area contributed by atoms with Crippen molar-refractivity contribution in [2.45, 2.75) is 12.8 Å². The molecule has 3 aromatic rings. The number of carboxylic acid groups (broad SMARTS) is 1. The van der Waals surface area contributed by atoms with Crippen molar-refractivity contribution in [3.63, 3.8) is 0 Å². The maximum Gasteiger partial charge on any atom is 0.303 e. The Bertz CT molecular complexity index is 1200. The van der Waals surface area contributed by atoms with Crippen LogP contribution in [0, 0.1) is 11.6 Å². The number of aromatic hydroxyl groups is 1. The Morgan fingerprint density at radius 2 is 1.83 bits per heavy atom. The maximum absolute atomic E-state index is 13.8. The van der Waals surface area contributed by atoms with Crippen LogP contribution in [-0.4, -0.2) is 26.5 Å². The summed E-state index contributed by atoms with van der Waals surface area (Å²) in [4.78, 5) is 35.4. The number of carboxylic acids is 1. The first-order valence-electron chi connectivity index (χ1n) is 8.42. The second kappa shape index (κ2) is 7.70. The number of halogens is 2. The highest BCUT2D eigenvalue weighted by molar-refractivity contribution is 6.04. The summed E-state index contributed by atoms with van der Waals surface area (Å²) in [6.07, 6.45) is -0.913. The molecule has 2 aromatic carbocycles. The number of carbonyl (C=O) groups is 2. The fraction of sp³-hybridized carbons (Fsp3) is 0.150. The van der Waals surface area contributed by atoms with Crippen molar-refractivity contribution >= 4 is 22.7 Å². The molecule has 0 unspecified atom stereocenters. The van der Waals surface area contributed by atoms with Crippen LogP contribution < -0.4 is 10.3 Å². The smallest absolute Gasteiger partial charge is 0.303 e. The van der Waals surface area contributed by atoms with Crippen LogP contribution in [-0.2, 0) is 11.8 Å². The third-order valence-corrected chi connectivity index (χ3v) is 4.31. The van der Waals surface area contributed by atoms with E-state index in [1.165, 1.54) is 25.2 Å². The third-order valence-electron chi connectivity index (χ3n) is 4.31. The van der Waals surface area contributed by atoms with E-state index in [4.69, 9.17) is 9.84 Å². The number of ether oxygens (including phenoxy) is 1. The number of aliphatic carboxylic acids is 1. The quantitative estimate of drug-likeness (QED) is 0.612. The zero-order chi connectivity index (χ0) is 21.3. The van der Waals surface area contributed by atoms with Gasteiger partial charge in [0.15, 0.2) is 17.3 Å². The summed E-state index contributed by atoms with van der Waals surface area (Å²) in [5.41, 5.74) is -1.11. The summed E-state index contributed by atoms with van der Waals surface area (Å²) in [5, 5.41) is 19.3. The van der Waals surface area contributed by atoms with Crippen LogP contribution in [0.2, 0.25) is 0 Å². The number of aryl methyl sites for hydroxylation is 1. The molecular weight excluding hydrogens is 388 g/mol. The van der Waals surface area contributed by atoms with E-state index in [1.807, 2.05) is 0 Å². The molecule has 0 spiro atoms. The first kappa shape index (κ1) is 20.0. The minimum Gasteiger partial charge on any atom is -0.506 e. The number of benzene rings is 2. The largest absolute Gasteiger partial charge is 0.506 e. The van der Waals surface area contributed by atoms with Gasteiger partial charge in [-0.2, -0.15) is 0 Å². The highest BCUT2D eigenvalue weighted by atomic mass is 19.1. The van der Waals surface area contributed by atoms with Gasteiger partial charge in [-0.05, 0) is 24.3 Å². The molecule has 0 radical (unpaired) electrons. The van der Waals surface area contributed by atoms with Gasteiger partial charge in [0.25, 0.3) is 5.56 Å². The molecule has 1 heterocycles. The molecule has 0 bridgehead atoms. The lowest BCUT2D eigenvalue weighted by molar-refractivity contribution is -0.136. The molecular formula is C20H15F2NO6. The van der Waals surface area contributed by atoms with Gasteiger partial charge in [-0.3, -0.25) is 14.4 Å². The zero-order valence-corrected chi connectivity index (χ0v) is 15.1. The van der Waals surface area contributed by atoms with Gasteiger partial charge < -0.3 is 19.5 Å². The van der Waals surface area contributed by atoms with E-state index in [9.17, 15) is 28.3 Å². The Balaban J connectivity index is 2.05. The summed E-state index contributed by atoms with van der Waals surface area (Å²) in [5.74, 6) is -4.37. The number of ketones is 1. The zero-order valence-electron chi connectivity index (χ0n) is 15.1. The van der Waals surface area contributed by atoms with E-state index in [-0.39, 0.29) is 22.4 Å². The summed E-state index contributed by atoms with van der Waals surface area (Å²) in [6.45, 7) is 0. The fourth-order valence-electron chi connectivity index (χ4n) is 2.85. The van der Waals surface area contributed by atoms with E-state index >= 15 is 0 Å². The molecule has 0 fully saturated rings. The lowest BCUT2D eigenvalue weighted by Crippen LogP contribution is -2.25. The SMILES string of the molecule is Cn1c(=O)c(C(=O)CCC(=O)O)c(O)c2ccc(Oc3ccc(F)cc3F)cc21. The van der Waals surface area contributed by atoms with Gasteiger partial charge >= 0.3 is 5.97 Å². The fourth-order valence-corrected chi connectivity index (χ4v) is 2.85. The molecule has 0 saturated carbocycles. The number of nitrogens with zero attached hydrogens (tertiary/aromatic N) is 1. The van der Waals surface area contributed by atoms with Gasteiger partial charge in [0.1, 0.15) is 22.9 Å². The van der Waals surface area contributed by atoms with Crippen molar-refractivity contribution in [3.8, 4) is 17.2 Å². The van der Waals surface area contributed by atoms with Crippen molar-refractivity contribution in [1.82, 2.24) is 4.57 Å². The van der Waals surface area contributed by atoms with Crippen molar-refractivity contribution in [2.24, 2.45) is 7.05 Å². The van der Waals surface area contributed by atoms with Crippen LogP contribution >= 0.6 is 0 Å². The molecule has 0 aliphatic heterocycles. The number of fused-ring (bicyclic) bond motifs is 1. The van der Waals surface area contributed by atoms with Crippen LogP contribution in [0.1, 0.15) is 23.2 Å². The van der Waals surface area contributed by atoms with Crippen molar-refractivity contribution < 1.29 is 33.3 Å². The molecule has 9 heteroatoms. The molecule has 0 amide bonds. The van der Waals surface area contributed by atoms with E-state index in [0.717, 1.165) is 16.7 Å². The van der Waals surface area contributed by atoms with Crippen LogP contribution in [0.25, 0.3) is 10.9 Å². The van der Waals surface area contributed by atoms with Gasteiger partial charge in [-0.15, -0.1) is 0 Å². The Morgan fingerprint density at radius 3 is 2.48 bits per heavy atom. The number of hydrogen-bond donors (Lipinski definition) is 2. The molecule has 150 valence electrons. The molecule has 0 aliphatic carbocycles. The van der Waals surface area contributed by atoms with Gasteiger partial charge in [0.05, 0.1) is 11.9 Å². The topological polar surface area (TPSA) is 106 Å². The van der Waals surface area contributed by atoms with Gasteiger partial charge in [-0.1, -0.05) is 0 Å². The van der Waals surface area contributed by atoms with Crippen molar-refractivity contribution in [3.05, 3.63) is 63.9 Å². The first-order chi connectivity index (χ1) is 13.7. The summed E-state index contributed by atoms with van der Waals surface area (Å²) in [6, 6.07) is 6.89. The van der Waals surface area contributed by atoms with E-state index < -0.39 is 53.1 Å². The highest BCUT2D eigenvalue weighted by Gasteiger charge is 2.22. The molecule has 0 aliphatic rings. The second-order valence-corrected chi connectivity index (χ2v) is 6.26. The van der Waals surface area contributed by atoms with Gasteiger partial charge in [-0.25, -0.2) is 8.78 Å². The summed E-state index contributed by atoms with van der Waals surface area (Å²) < 4.78 is 33.3. The predicted octanol–water partition coefficient (Wildman–Crippen LogP) is 3.36. The molecule has 1 aromatic heterocycles. The van der Waals surface area contributed by atoms with Crippen molar-refractivity contribution in [1.29, 1.82) is 0 Å². The van der Waals surface area contributed by atoms with Gasteiger partial charge in [0, 0.05) is 31.0 Å². The standard InChI is InChI=1S/C20H15F2NO6/c1-23-14-9-11(29-16-6-2-10(21)8-13(16)22)3-4-12(14)19(27)18(20(23)28)15(24)5-7-17(25)26/h2-4,6,8-9,27H,5,7H2,1H3,(H,25,26). The van der Waals surface area contributed by atoms with E-state index in [1.54, 1.807) is 0 Å². The third kappa shape index (κ3) is 3.93. The monoisotopic (exact) mass is 403 g/mol. The molecule has 0 saturated heterocycles. The Labute approximate surface area is 162 Å². The average Bonchev–Trinajstić information content (AvgIpc) is 2.67. The number of Topliss-reactive ketones (excluding diaryl/α,β-unsaturated/α-hetero) is 1. The summed E-state index contributed by atoms with van der Waals surface area (Å²) >= 11 is 0. The second-order valence-electron chi connectivity index (χ2n) is 6.26. The molecule has 7 nitrogen and oxygen atoms in total. The lowest BCUT2D eigenvalue weighted by Gasteiger charge is -2.13.